The third-order valence-electron chi connectivity index (χ3n) is 5.57. The second-order valence-corrected chi connectivity index (χ2v) is 8.00. The molecule has 1 fully saturated rings. The van der Waals surface area contributed by atoms with Gasteiger partial charge in [-0.25, -0.2) is 0 Å². The van der Waals surface area contributed by atoms with Crippen LogP contribution in [0, 0.1) is 34.0 Å². The monoisotopic (exact) mass is 411 g/mol. The van der Waals surface area contributed by atoms with E-state index in [0.29, 0.717) is 40.5 Å². The Kier molecular flexibility index (Phi) is 6.14. The highest BCUT2D eigenvalue weighted by Crippen LogP contribution is 2.53. The number of carbonyl (C=O) groups is 2. The molecule has 1 atom stereocenters. The van der Waals surface area contributed by atoms with Gasteiger partial charge in [0.05, 0.1) is 42.7 Å². The van der Waals surface area contributed by atoms with Gasteiger partial charge in [0.2, 0.25) is 5.91 Å². The Morgan fingerprint density at radius 3 is 2.52 bits per heavy atom. The van der Waals surface area contributed by atoms with Gasteiger partial charge in [-0.15, -0.1) is 0 Å². The molecule has 0 saturated heterocycles. The summed E-state index contributed by atoms with van der Waals surface area (Å²) in [5.74, 6) is -0.411. The topological polar surface area (TPSA) is 112 Å². The number of Topliss-reactive ketones (excluding diaryl/α,β-unsaturated/α-hetero) is 1. The van der Waals surface area contributed by atoms with Crippen LogP contribution in [0.15, 0.2) is 28.8 Å². The minimum Gasteiger partial charge on any atom is -0.493 e. The second kappa shape index (κ2) is 8.59. The first-order valence-corrected chi connectivity index (χ1v) is 10.2. The molecule has 1 amide bonds. The van der Waals surface area contributed by atoms with Gasteiger partial charge in [0, 0.05) is 11.0 Å². The van der Waals surface area contributed by atoms with E-state index in [1.807, 2.05) is 0 Å². The third-order valence-corrected chi connectivity index (χ3v) is 6.57. The predicted octanol–water partition coefficient (Wildman–Crippen LogP) is 3.18. The number of ether oxygens (including phenoxy) is 2. The van der Waals surface area contributed by atoms with Crippen molar-refractivity contribution in [1.82, 2.24) is 5.32 Å². The molecule has 0 aromatic heterocycles. The van der Waals surface area contributed by atoms with Crippen molar-refractivity contribution in [3.05, 3.63) is 34.4 Å². The molecule has 29 heavy (non-hydrogen) atoms. The quantitative estimate of drug-likeness (QED) is 0.715. The number of methoxy groups -OCH3 is 2. The van der Waals surface area contributed by atoms with Gasteiger partial charge in [0.15, 0.2) is 17.3 Å². The average molecular weight is 411 g/mol. The molecule has 1 saturated carbocycles. The molecule has 8 heteroatoms. The first-order chi connectivity index (χ1) is 14.0. The maximum atomic E-state index is 12.7. The van der Waals surface area contributed by atoms with Gasteiger partial charge in [-0.1, -0.05) is 24.6 Å². The van der Waals surface area contributed by atoms with Crippen LogP contribution in [-0.2, 0) is 4.79 Å². The zero-order valence-electron chi connectivity index (χ0n) is 16.3. The van der Waals surface area contributed by atoms with E-state index in [4.69, 9.17) is 9.47 Å². The molecule has 1 aliphatic heterocycles. The summed E-state index contributed by atoms with van der Waals surface area (Å²) in [5.41, 5.74) is 0.133. The SMILES string of the molecule is COc1ccc(C(=O)CSC2=C(C#N)C3(CCCC3)[C@@H](C#N)C(=O)N2)cc1OC. The molecule has 0 unspecified atom stereocenters. The van der Waals surface area contributed by atoms with Gasteiger partial charge >= 0.3 is 0 Å². The highest BCUT2D eigenvalue weighted by Gasteiger charge is 2.52. The molecule has 7 nitrogen and oxygen atoms in total. The van der Waals surface area contributed by atoms with Crippen LogP contribution in [0.25, 0.3) is 0 Å². The Balaban J connectivity index is 1.85. The fraction of sp³-hybridized carbons (Fsp3) is 0.429. The Hall–Kier alpha value is -2.97. The van der Waals surface area contributed by atoms with Crippen LogP contribution in [-0.4, -0.2) is 31.7 Å². The molecule has 150 valence electrons. The van der Waals surface area contributed by atoms with Crippen molar-refractivity contribution in [2.24, 2.45) is 11.3 Å². The standard InChI is InChI=1S/C21H21N3O4S/c1-27-17-6-5-13(9-18(17)28-2)16(25)12-29-20-15(11-23)21(7-3-4-8-21)14(10-22)19(26)24-20/h5-6,9,14H,3-4,7-8,12H2,1-2H3,(H,24,26)/t14-/m0/s1. The predicted molar refractivity (Wildman–Crippen MR) is 107 cm³/mol. The normalized spacial score (nSPS) is 20.0. The van der Waals surface area contributed by atoms with Gasteiger partial charge in [0.1, 0.15) is 5.92 Å². The van der Waals surface area contributed by atoms with Crippen molar-refractivity contribution in [1.29, 1.82) is 10.5 Å². The summed E-state index contributed by atoms with van der Waals surface area (Å²) >= 11 is 1.13. The molecule has 0 radical (unpaired) electrons. The summed E-state index contributed by atoms with van der Waals surface area (Å²) in [4.78, 5) is 25.2. The number of carbonyl (C=O) groups excluding carboxylic acids is 2. The summed E-state index contributed by atoms with van der Waals surface area (Å²) in [6.07, 6.45) is 3.02. The van der Waals surface area contributed by atoms with Crippen LogP contribution < -0.4 is 14.8 Å². The number of amides is 1. The van der Waals surface area contributed by atoms with E-state index in [1.54, 1.807) is 18.2 Å². The van der Waals surface area contributed by atoms with Crippen LogP contribution in [0.4, 0.5) is 0 Å². The van der Waals surface area contributed by atoms with E-state index >= 15 is 0 Å². The second-order valence-electron chi connectivity index (χ2n) is 7.01. The summed E-state index contributed by atoms with van der Waals surface area (Å²) in [6.45, 7) is 0. The Labute approximate surface area is 173 Å². The number of nitriles is 2. The van der Waals surface area contributed by atoms with E-state index < -0.39 is 17.2 Å². The number of hydrogen-bond donors (Lipinski definition) is 1. The van der Waals surface area contributed by atoms with Crippen LogP contribution in [0.3, 0.4) is 0 Å². The fourth-order valence-electron chi connectivity index (χ4n) is 4.10. The van der Waals surface area contributed by atoms with Gasteiger partial charge in [-0.3, -0.25) is 9.59 Å². The van der Waals surface area contributed by atoms with Crippen molar-refractivity contribution in [2.45, 2.75) is 25.7 Å². The fourth-order valence-corrected chi connectivity index (χ4v) is 5.10. The third kappa shape index (κ3) is 3.68. The van der Waals surface area contributed by atoms with Crippen LogP contribution in [0.1, 0.15) is 36.0 Å². The van der Waals surface area contributed by atoms with Crippen molar-refractivity contribution >= 4 is 23.5 Å². The molecule has 0 bridgehead atoms. The highest BCUT2D eigenvalue weighted by molar-refractivity contribution is 8.03. The van der Waals surface area contributed by atoms with Gasteiger partial charge in [-0.2, -0.15) is 10.5 Å². The van der Waals surface area contributed by atoms with Crippen LogP contribution >= 0.6 is 11.8 Å². The smallest absolute Gasteiger partial charge is 0.243 e. The lowest BCUT2D eigenvalue weighted by Crippen LogP contribution is -2.46. The molecule has 2 aliphatic rings. The average Bonchev–Trinajstić information content (AvgIpc) is 3.21. The first-order valence-electron chi connectivity index (χ1n) is 9.24. The van der Waals surface area contributed by atoms with Crippen molar-refractivity contribution in [3.63, 3.8) is 0 Å². The largest absolute Gasteiger partial charge is 0.493 e. The van der Waals surface area contributed by atoms with Gasteiger partial charge < -0.3 is 14.8 Å². The highest BCUT2D eigenvalue weighted by atomic mass is 32.2. The van der Waals surface area contributed by atoms with Gasteiger partial charge in [0.25, 0.3) is 0 Å². The molecule has 1 N–H and O–H groups in total. The molecule has 3 rings (SSSR count). The minimum atomic E-state index is -0.870. The zero-order valence-corrected chi connectivity index (χ0v) is 17.1. The van der Waals surface area contributed by atoms with E-state index in [9.17, 15) is 20.1 Å². The number of nitrogens with zero attached hydrogens (tertiary/aromatic N) is 2. The lowest BCUT2D eigenvalue weighted by molar-refractivity contribution is -0.126. The Bertz CT molecular complexity index is 952. The summed E-state index contributed by atoms with van der Waals surface area (Å²) in [5, 5.41) is 22.4. The summed E-state index contributed by atoms with van der Waals surface area (Å²) < 4.78 is 10.4. The zero-order chi connectivity index (χ0) is 21.0. The number of ketones is 1. The maximum Gasteiger partial charge on any atom is 0.243 e. The first kappa shape index (κ1) is 20.8. The molecular formula is C21H21N3O4S. The van der Waals surface area contributed by atoms with Crippen molar-refractivity contribution in [2.75, 3.05) is 20.0 Å². The minimum absolute atomic E-state index is 0.0452. The molecule has 1 spiro atoms. The lowest BCUT2D eigenvalue weighted by atomic mass is 9.67. The van der Waals surface area contributed by atoms with Crippen molar-refractivity contribution in [3.8, 4) is 23.6 Å². The summed E-state index contributed by atoms with van der Waals surface area (Å²) in [6, 6.07) is 9.21. The Morgan fingerprint density at radius 1 is 1.24 bits per heavy atom. The lowest BCUT2D eigenvalue weighted by Gasteiger charge is -2.37. The van der Waals surface area contributed by atoms with Crippen LogP contribution in [0.5, 0.6) is 11.5 Å². The van der Waals surface area contributed by atoms with Crippen LogP contribution in [0.2, 0.25) is 0 Å². The van der Waals surface area contributed by atoms with E-state index in [0.717, 1.165) is 24.6 Å². The molecular weight excluding hydrogens is 390 g/mol. The van der Waals surface area contributed by atoms with Crippen molar-refractivity contribution < 1.29 is 19.1 Å². The number of allylic oxidation sites excluding steroid dienone is 1. The van der Waals surface area contributed by atoms with E-state index in [1.165, 1.54) is 14.2 Å². The van der Waals surface area contributed by atoms with E-state index in [2.05, 4.69) is 17.5 Å². The molecule has 1 aromatic rings. The number of thioether (sulfide) groups is 1. The number of rotatable bonds is 6. The molecule has 1 aromatic carbocycles. The van der Waals surface area contributed by atoms with Gasteiger partial charge in [-0.05, 0) is 31.0 Å². The molecule has 1 heterocycles. The number of hydrogen-bond acceptors (Lipinski definition) is 7. The molecule has 1 aliphatic carbocycles. The summed E-state index contributed by atoms with van der Waals surface area (Å²) in [7, 11) is 3.01. The van der Waals surface area contributed by atoms with E-state index in [-0.39, 0.29) is 11.5 Å². The Morgan fingerprint density at radius 2 is 1.93 bits per heavy atom. The number of benzene rings is 1. The maximum absolute atomic E-state index is 12.7. The number of nitrogens with one attached hydrogen (secondary N) is 1.